The summed E-state index contributed by atoms with van der Waals surface area (Å²) in [6, 6.07) is 9.55. The number of nitriles is 1. The number of hydrogen-bond donors (Lipinski definition) is 1. The molecule has 0 atom stereocenters. The van der Waals surface area contributed by atoms with Gasteiger partial charge in [-0.1, -0.05) is 12.1 Å². The molecule has 112 valence electrons. The Balaban J connectivity index is 1.85. The summed E-state index contributed by atoms with van der Waals surface area (Å²) in [5.41, 5.74) is 1.66. The van der Waals surface area contributed by atoms with E-state index in [1.165, 1.54) is 0 Å². The zero-order valence-corrected chi connectivity index (χ0v) is 12.3. The molecule has 1 amide bonds. The van der Waals surface area contributed by atoms with Crippen molar-refractivity contribution >= 4 is 5.91 Å². The van der Waals surface area contributed by atoms with Crippen molar-refractivity contribution in [2.45, 2.75) is 25.5 Å². The number of aliphatic hydroxyl groups excluding tert-OH is 1. The van der Waals surface area contributed by atoms with Crippen LogP contribution in [-0.2, 0) is 11.3 Å². The molecule has 5 heteroatoms. The van der Waals surface area contributed by atoms with E-state index in [0.717, 1.165) is 5.56 Å². The molecule has 0 aliphatic carbocycles. The van der Waals surface area contributed by atoms with Crippen molar-refractivity contribution in [3.63, 3.8) is 0 Å². The van der Waals surface area contributed by atoms with Crippen LogP contribution in [0.1, 0.15) is 24.0 Å². The summed E-state index contributed by atoms with van der Waals surface area (Å²) in [5.74, 6) is 0.0980. The number of carbonyl (C=O) groups excluding carboxylic acids is 1. The van der Waals surface area contributed by atoms with Gasteiger partial charge in [-0.2, -0.15) is 5.26 Å². The number of likely N-dealkylation sites (tertiary alicyclic amines) is 1. The first kappa shape index (κ1) is 15.5. The lowest BCUT2D eigenvalue weighted by Gasteiger charge is -2.31. The summed E-state index contributed by atoms with van der Waals surface area (Å²) in [4.78, 5) is 15.9. The van der Waals surface area contributed by atoms with Gasteiger partial charge in [0.1, 0.15) is 0 Å². The monoisotopic (exact) mass is 287 g/mol. The van der Waals surface area contributed by atoms with Crippen LogP contribution >= 0.6 is 0 Å². The van der Waals surface area contributed by atoms with E-state index in [1.54, 1.807) is 6.07 Å². The van der Waals surface area contributed by atoms with Gasteiger partial charge in [0.05, 0.1) is 24.3 Å². The van der Waals surface area contributed by atoms with Crippen LogP contribution in [0.15, 0.2) is 24.3 Å². The quantitative estimate of drug-likeness (QED) is 0.896. The highest BCUT2D eigenvalue weighted by atomic mass is 16.3. The molecule has 2 rings (SSSR count). The van der Waals surface area contributed by atoms with Gasteiger partial charge < -0.3 is 10.0 Å². The summed E-state index contributed by atoms with van der Waals surface area (Å²) >= 11 is 0. The van der Waals surface area contributed by atoms with E-state index in [0.29, 0.717) is 44.6 Å². The lowest BCUT2D eigenvalue weighted by Crippen LogP contribution is -2.44. The van der Waals surface area contributed by atoms with Gasteiger partial charge in [0, 0.05) is 19.6 Å². The lowest BCUT2D eigenvalue weighted by atomic mass is 10.1. The van der Waals surface area contributed by atoms with Crippen LogP contribution in [0, 0.1) is 11.3 Å². The number of likely N-dealkylation sites (N-methyl/N-ethyl adjacent to an activating group) is 1. The van der Waals surface area contributed by atoms with Gasteiger partial charge in [-0.3, -0.25) is 9.69 Å². The molecular weight excluding hydrogens is 266 g/mol. The molecule has 1 aliphatic rings. The molecule has 1 aliphatic heterocycles. The fraction of sp³-hybridized carbons (Fsp3) is 0.500. The SMILES string of the molecule is CN(CC(=O)N1CCC(O)CC1)Cc1cccc(C#N)c1. The molecule has 1 heterocycles. The smallest absolute Gasteiger partial charge is 0.236 e. The second kappa shape index (κ2) is 7.21. The minimum absolute atomic E-state index is 0.0980. The number of amides is 1. The lowest BCUT2D eigenvalue weighted by molar-refractivity contribution is -0.134. The van der Waals surface area contributed by atoms with Crippen molar-refractivity contribution in [2.75, 3.05) is 26.7 Å². The summed E-state index contributed by atoms with van der Waals surface area (Å²) in [5, 5.41) is 18.3. The molecule has 0 saturated carbocycles. The fourth-order valence-electron chi connectivity index (χ4n) is 2.55. The highest BCUT2D eigenvalue weighted by Gasteiger charge is 2.21. The number of benzene rings is 1. The van der Waals surface area contributed by atoms with E-state index in [4.69, 9.17) is 5.26 Å². The number of piperidine rings is 1. The zero-order valence-electron chi connectivity index (χ0n) is 12.3. The van der Waals surface area contributed by atoms with Crippen molar-refractivity contribution in [1.29, 1.82) is 5.26 Å². The first-order chi connectivity index (χ1) is 10.1. The Hall–Kier alpha value is -1.90. The van der Waals surface area contributed by atoms with Gasteiger partial charge in [-0.25, -0.2) is 0 Å². The van der Waals surface area contributed by atoms with E-state index in [1.807, 2.05) is 35.0 Å². The van der Waals surface area contributed by atoms with Crippen LogP contribution in [0.25, 0.3) is 0 Å². The maximum Gasteiger partial charge on any atom is 0.236 e. The number of nitrogens with zero attached hydrogens (tertiary/aromatic N) is 3. The largest absolute Gasteiger partial charge is 0.393 e. The summed E-state index contributed by atoms with van der Waals surface area (Å²) in [6.45, 7) is 2.26. The molecule has 0 spiro atoms. The van der Waals surface area contributed by atoms with Gasteiger partial charge in [0.2, 0.25) is 5.91 Å². The van der Waals surface area contributed by atoms with Gasteiger partial charge in [0.15, 0.2) is 0 Å². The molecule has 0 aromatic heterocycles. The second-order valence-corrected chi connectivity index (χ2v) is 5.60. The molecule has 21 heavy (non-hydrogen) atoms. The van der Waals surface area contributed by atoms with Crippen molar-refractivity contribution in [3.05, 3.63) is 35.4 Å². The third kappa shape index (κ3) is 4.55. The Kier molecular flexibility index (Phi) is 5.32. The summed E-state index contributed by atoms with van der Waals surface area (Å²) in [6.07, 6.45) is 1.07. The molecular formula is C16H21N3O2. The fourth-order valence-corrected chi connectivity index (χ4v) is 2.55. The highest BCUT2D eigenvalue weighted by Crippen LogP contribution is 2.11. The molecule has 1 saturated heterocycles. The van der Waals surface area contributed by atoms with Gasteiger partial charge in [0.25, 0.3) is 0 Å². The number of carbonyl (C=O) groups is 1. The molecule has 1 fully saturated rings. The van der Waals surface area contributed by atoms with Crippen molar-refractivity contribution < 1.29 is 9.90 Å². The maximum absolute atomic E-state index is 12.2. The van der Waals surface area contributed by atoms with Crippen LogP contribution in [0.4, 0.5) is 0 Å². The van der Waals surface area contributed by atoms with E-state index < -0.39 is 0 Å². The average molecular weight is 287 g/mol. The Morgan fingerprint density at radius 1 is 1.48 bits per heavy atom. The first-order valence-electron chi connectivity index (χ1n) is 7.22. The normalized spacial score (nSPS) is 16.0. The van der Waals surface area contributed by atoms with Crippen LogP contribution in [-0.4, -0.2) is 53.6 Å². The zero-order chi connectivity index (χ0) is 15.2. The third-order valence-electron chi connectivity index (χ3n) is 3.73. The van der Waals surface area contributed by atoms with Crippen molar-refractivity contribution in [3.8, 4) is 6.07 Å². The van der Waals surface area contributed by atoms with Crippen molar-refractivity contribution in [2.24, 2.45) is 0 Å². The first-order valence-corrected chi connectivity index (χ1v) is 7.22. The standard InChI is InChI=1S/C16H21N3O2/c1-18(11-14-4-2-3-13(9-14)10-17)12-16(21)19-7-5-15(20)6-8-19/h2-4,9,15,20H,5-8,11-12H2,1H3. The molecule has 0 unspecified atom stereocenters. The third-order valence-corrected chi connectivity index (χ3v) is 3.73. The minimum Gasteiger partial charge on any atom is -0.393 e. The number of aliphatic hydroxyl groups is 1. The number of rotatable bonds is 4. The van der Waals surface area contributed by atoms with E-state index >= 15 is 0 Å². The molecule has 5 nitrogen and oxygen atoms in total. The summed E-state index contributed by atoms with van der Waals surface area (Å²) < 4.78 is 0. The minimum atomic E-state index is -0.263. The summed E-state index contributed by atoms with van der Waals surface area (Å²) in [7, 11) is 1.90. The molecule has 1 aromatic rings. The van der Waals surface area contributed by atoms with E-state index in [2.05, 4.69) is 6.07 Å². The van der Waals surface area contributed by atoms with Crippen molar-refractivity contribution in [1.82, 2.24) is 9.80 Å². The van der Waals surface area contributed by atoms with Crippen LogP contribution in [0.3, 0.4) is 0 Å². The molecule has 1 aromatic carbocycles. The Morgan fingerprint density at radius 2 is 2.19 bits per heavy atom. The van der Waals surface area contributed by atoms with Crippen LogP contribution in [0.2, 0.25) is 0 Å². The maximum atomic E-state index is 12.2. The van der Waals surface area contributed by atoms with Gasteiger partial charge in [-0.15, -0.1) is 0 Å². The molecule has 0 bridgehead atoms. The Morgan fingerprint density at radius 3 is 2.86 bits per heavy atom. The second-order valence-electron chi connectivity index (χ2n) is 5.60. The predicted molar refractivity (Wildman–Crippen MR) is 79.3 cm³/mol. The molecule has 1 N–H and O–H groups in total. The van der Waals surface area contributed by atoms with E-state index in [-0.39, 0.29) is 12.0 Å². The average Bonchev–Trinajstić information content (AvgIpc) is 2.47. The van der Waals surface area contributed by atoms with Crippen LogP contribution < -0.4 is 0 Å². The highest BCUT2D eigenvalue weighted by molar-refractivity contribution is 5.78. The topological polar surface area (TPSA) is 67.6 Å². The van der Waals surface area contributed by atoms with E-state index in [9.17, 15) is 9.90 Å². The predicted octanol–water partition coefficient (Wildman–Crippen LogP) is 0.973. The molecule has 0 radical (unpaired) electrons. The van der Waals surface area contributed by atoms with Crippen LogP contribution in [0.5, 0.6) is 0 Å². The Labute approximate surface area is 125 Å². The number of hydrogen-bond acceptors (Lipinski definition) is 4. The Bertz CT molecular complexity index is 531. The van der Waals surface area contributed by atoms with Gasteiger partial charge >= 0.3 is 0 Å². The van der Waals surface area contributed by atoms with Gasteiger partial charge in [-0.05, 0) is 37.6 Å².